The van der Waals surface area contributed by atoms with Crippen LogP contribution < -0.4 is 0 Å². The molecule has 3 rings (SSSR count). The molecule has 0 saturated carbocycles. The quantitative estimate of drug-likeness (QED) is 0.286. The van der Waals surface area contributed by atoms with E-state index in [2.05, 4.69) is 37.0 Å². The van der Waals surface area contributed by atoms with Gasteiger partial charge >= 0.3 is 0 Å². The summed E-state index contributed by atoms with van der Waals surface area (Å²) in [5.74, 6) is -0.510. The molecule has 0 fully saturated rings. The normalized spacial score (nSPS) is 12.3. The van der Waals surface area contributed by atoms with E-state index in [0.29, 0.717) is 11.7 Å². The molecule has 3 nitrogen and oxygen atoms in total. The van der Waals surface area contributed by atoms with Crippen LogP contribution in [0, 0.1) is 5.82 Å². The largest absolute Gasteiger partial charge is 0.508 e. The van der Waals surface area contributed by atoms with E-state index in [1.165, 1.54) is 18.9 Å². The maximum atomic E-state index is 14.1. The number of pyridine rings is 1. The van der Waals surface area contributed by atoms with Crippen molar-refractivity contribution in [3.8, 4) is 28.0 Å². The van der Waals surface area contributed by atoms with Gasteiger partial charge in [-0.3, -0.25) is 4.98 Å². The minimum atomic E-state index is -0.436. The van der Waals surface area contributed by atoms with E-state index in [4.69, 9.17) is 4.74 Å². The number of phenols is 1. The van der Waals surface area contributed by atoms with Crippen molar-refractivity contribution in [2.75, 3.05) is 6.61 Å². The summed E-state index contributed by atoms with van der Waals surface area (Å²) < 4.78 is 19.9. The molecule has 0 aliphatic carbocycles. The van der Waals surface area contributed by atoms with Crippen molar-refractivity contribution in [1.29, 1.82) is 0 Å². The van der Waals surface area contributed by atoms with Crippen molar-refractivity contribution < 1.29 is 14.2 Å². The van der Waals surface area contributed by atoms with Gasteiger partial charge in [0, 0.05) is 30.0 Å². The van der Waals surface area contributed by atoms with Gasteiger partial charge in [-0.1, -0.05) is 56.2 Å². The van der Waals surface area contributed by atoms with Crippen LogP contribution in [0.5, 0.6) is 5.75 Å². The van der Waals surface area contributed by atoms with Crippen molar-refractivity contribution in [3.05, 3.63) is 78.4 Å². The monoisotopic (exact) mass is 447 g/mol. The van der Waals surface area contributed by atoms with E-state index >= 15 is 0 Å². The minimum absolute atomic E-state index is 0.0746. The van der Waals surface area contributed by atoms with Crippen molar-refractivity contribution in [2.45, 2.75) is 58.5 Å². The highest BCUT2D eigenvalue weighted by molar-refractivity contribution is 5.71. The Morgan fingerprint density at radius 3 is 2.42 bits per heavy atom. The molecule has 0 bridgehead atoms. The number of phenolic OH excluding ortho intramolecular Hbond substituents is 1. The first-order valence-electron chi connectivity index (χ1n) is 11.9. The summed E-state index contributed by atoms with van der Waals surface area (Å²) in [6.07, 6.45) is 13.3. The van der Waals surface area contributed by atoms with Crippen LogP contribution in [0.15, 0.2) is 66.9 Å². The van der Waals surface area contributed by atoms with E-state index in [-0.39, 0.29) is 5.75 Å². The molecule has 0 spiro atoms. The number of halogens is 1. The van der Waals surface area contributed by atoms with Crippen LogP contribution in [0.4, 0.5) is 4.39 Å². The Bertz CT molecular complexity index is 1010. The van der Waals surface area contributed by atoms with E-state index in [9.17, 15) is 9.50 Å². The molecular formula is C29H34FNO2. The summed E-state index contributed by atoms with van der Waals surface area (Å²) in [7, 11) is 0. The molecule has 0 saturated heterocycles. The zero-order chi connectivity index (χ0) is 23.5. The number of benzene rings is 2. The maximum Gasteiger partial charge on any atom is 0.134 e. The molecule has 3 aromatic rings. The number of hydrogen-bond acceptors (Lipinski definition) is 3. The van der Waals surface area contributed by atoms with Crippen LogP contribution in [0.3, 0.4) is 0 Å². The van der Waals surface area contributed by atoms with Crippen LogP contribution in [0.1, 0.15) is 58.1 Å². The van der Waals surface area contributed by atoms with Gasteiger partial charge in [0.05, 0.1) is 11.8 Å². The number of hydrogen-bond donors (Lipinski definition) is 1. The van der Waals surface area contributed by atoms with Crippen molar-refractivity contribution in [1.82, 2.24) is 4.98 Å². The SMILES string of the molecule is CCCCCOC(C)CCC/C=C/c1ccc(-c2ccc(-c3ccc(O)cc3F)cc2)cn1. The first kappa shape index (κ1) is 24.7. The Labute approximate surface area is 197 Å². The third-order valence-electron chi connectivity index (χ3n) is 5.69. The van der Waals surface area contributed by atoms with Gasteiger partial charge in [0.25, 0.3) is 0 Å². The number of unbranched alkanes of at least 4 members (excludes halogenated alkanes) is 3. The first-order chi connectivity index (χ1) is 16.1. The fourth-order valence-electron chi connectivity index (χ4n) is 3.70. The van der Waals surface area contributed by atoms with Gasteiger partial charge in [-0.2, -0.15) is 0 Å². The van der Waals surface area contributed by atoms with Gasteiger partial charge in [-0.25, -0.2) is 4.39 Å². The van der Waals surface area contributed by atoms with Gasteiger partial charge in [0.1, 0.15) is 11.6 Å². The van der Waals surface area contributed by atoms with Gasteiger partial charge < -0.3 is 9.84 Å². The van der Waals surface area contributed by atoms with Gasteiger partial charge in [0.15, 0.2) is 0 Å². The van der Waals surface area contributed by atoms with E-state index in [0.717, 1.165) is 60.7 Å². The predicted molar refractivity (Wildman–Crippen MR) is 135 cm³/mol. The van der Waals surface area contributed by atoms with Crippen molar-refractivity contribution in [3.63, 3.8) is 0 Å². The highest BCUT2D eigenvalue weighted by Crippen LogP contribution is 2.28. The minimum Gasteiger partial charge on any atom is -0.508 e. The molecule has 174 valence electrons. The molecule has 4 heteroatoms. The zero-order valence-corrected chi connectivity index (χ0v) is 19.6. The lowest BCUT2D eigenvalue weighted by molar-refractivity contribution is 0.0566. The van der Waals surface area contributed by atoms with E-state index < -0.39 is 5.82 Å². The summed E-state index contributed by atoms with van der Waals surface area (Å²) in [5, 5.41) is 9.39. The molecule has 0 radical (unpaired) electrons. The molecule has 0 aliphatic heterocycles. The second kappa shape index (κ2) is 12.9. The fraction of sp³-hybridized carbons (Fsp3) is 0.345. The number of aromatic hydroxyl groups is 1. The van der Waals surface area contributed by atoms with Gasteiger partial charge in [0.2, 0.25) is 0 Å². The van der Waals surface area contributed by atoms with Crippen molar-refractivity contribution >= 4 is 6.08 Å². The molecule has 1 N–H and O–H groups in total. The van der Waals surface area contributed by atoms with Gasteiger partial charge in [-0.15, -0.1) is 0 Å². The van der Waals surface area contributed by atoms with Crippen molar-refractivity contribution in [2.24, 2.45) is 0 Å². The smallest absolute Gasteiger partial charge is 0.134 e. The second-order valence-corrected chi connectivity index (χ2v) is 8.44. The molecule has 1 unspecified atom stereocenters. The summed E-state index contributed by atoms with van der Waals surface area (Å²) in [6, 6.07) is 15.9. The summed E-state index contributed by atoms with van der Waals surface area (Å²) >= 11 is 0. The van der Waals surface area contributed by atoms with Crippen LogP contribution in [0.2, 0.25) is 0 Å². The second-order valence-electron chi connectivity index (χ2n) is 8.44. The van der Waals surface area contributed by atoms with Crippen LogP contribution in [-0.2, 0) is 4.74 Å². The maximum absolute atomic E-state index is 14.1. The molecule has 1 aromatic heterocycles. The average Bonchev–Trinajstić information content (AvgIpc) is 2.82. The average molecular weight is 448 g/mol. The molecule has 0 aliphatic rings. The Morgan fingerprint density at radius 2 is 1.73 bits per heavy atom. The van der Waals surface area contributed by atoms with Crippen LogP contribution >= 0.6 is 0 Å². The zero-order valence-electron chi connectivity index (χ0n) is 19.6. The Morgan fingerprint density at radius 1 is 0.970 bits per heavy atom. The molecule has 2 aromatic carbocycles. The number of aromatic nitrogens is 1. The van der Waals surface area contributed by atoms with E-state index in [1.54, 1.807) is 6.07 Å². The fourth-order valence-corrected chi connectivity index (χ4v) is 3.70. The lowest BCUT2D eigenvalue weighted by Gasteiger charge is -2.11. The van der Waals surface area contributed by atoms with Crippen LogP contribution in [-0.4, -0.2) is 22.8 Å². The number of rotatable bonds is 12. The molecule has 1 heterocycles. The summed E-state index contributed by atoms with van der Waals surface area (Å²) in [6.45, 7) is 5.24. The summed E-state index contributed by atoms with van der Waals surface area (Å²) in [4.78, 5) is 4.55. The standard InChI is InChI=1S/C29H34FNO2/c1-3-4-8-19-33-22(2)9-6-5-7-10-26-16-15-25(21-31-26)23-11-13-24(14-12-23)28-18-17-27(32)20-29(28)30/h7,10-18,20-22,32H,3-6,8-9,19H2,1-2H3/b10-7+. The summed E-state index contributed by atoms with van der Waals surface area (Å²) in [5.41, 5.74) is 4.21. The first-order valence-corrected chi connectivity index (χ1v) is 11.9. The topological polar surface area (TPSA) is 42.4 Å². The molecule has 0 amide bonds. The number of nitrogens with zero attached hydrogens (tertiary/aromatic N) is 1. The van der Waals surface area contributed by atoms with E-state index in [1.807, 2.05) is 36.5 Å². The Kier molecular flexibility index (Phi) is 9.64. The lowest BCUT2D eigenvalue weighted by atomic mass is 10.0. The predicted octanol–water partition coefficient (Wildman–Crippen LogP) is 8.04. The number of allylic oxidation sites excluding steroid dienone is 1. The third kappa shape index (κ3) is 7.83. The Hall–Kier alpha value is -2.98. The lowest BCUT2D eigenvalue weighted by Crippen LogP contribution is -2.08. The third-order valence-corrected chi connectivity index (χ3v) is 5.69. The van der Waals surface area contributed by atoms with Gasteiger partial charge in [-0.05, 0) is 68.0 Å². The highest BCUT2D eigenvalue weighted by Gasteiger charge is 2.07. The molecule has 33 heavy (non-hydrogen) atoms. The highest BCUT2D eigenvalue weighted by atomic mass is 19.1. The Balaban J connectivity index is 1.48. The molecule has 1 atom stereocenters. The van der Waals surface area contributed by atoms with Crippen LogP contribution in [0.25, 0.3) is 28.3 Å². The molecular weight excluding hydrogens is 413 g/mol. The number of ether oxygens (including phenoxy) is 1.